The Morgan fingerprint density at radius 1 is 1.03 bits per heavy atom. The third-order valence-corrected chi connectivity index (χ3v) is 14.0. The number of phenolic OH excluding ortho intramolecular Hbond substituents is 2. The van der Waals surface area contributed by atoms with E-state index in [2.05, 4.69) is 34.4 Å². The number of aliphatic hydroxyl groups is 1. The molecule has 4 aliphatic rings. The highest BCUT2D eigenvalue weighted by molar-refractivity contribution is 6.21. The Morgan fingerprint density at radius 3 is 2.38 bits per heavy atom. The Bertz CT molecular complexity index is 2510. The summed E-state index contributed by atoms with van der Waals surface area (Å²) in [6.45, 7) is 20.0. The predicted molar refractivity (Wildman–Crippen MR) is 261 cm³/mol. The maximum atomic E-state index is 14.9. The van der Waals surface area contributed by atoms with Crippen LogP contribution in [0.1, 0.15) is 103 Å². The first kappa shape index (κ1) is 53.0. The molecule has 2 amide bonds. The van der Waals surface area contributed by atoms with Crippen molar-refractivity contribution in [2.24, 2.45) is 39.6 Å². The number of aromatic hydroxyl groups is 2. The minimum atomic E-state index is -1.98. The number of aliphatic hydroxyl groups excluding tert-OH is 1. The lowest BCUT2D eigenvalue weighted by Crippen LogP contribution is -2.47. The summed E-state index contributed by atoms with van der Waals surface area (Å²) in [7, 11) is 5.34. The molecule has 0 aromatic heterocycles. The monoisotopic (exact) mass is 959 g/mol. The Kier molecular flexibility index (Phi) is 16.7. The highest BCUT2D eigenvalue weighted by atomic mass is 16.7. The molecule has 4 aliphatic heterocycles. The van der Waals surface area contributed by atoms with E-state index in [0.717, 1.165) is 26.2 Å². The topological polar surface area (TPSA) is 221 Å². The Hall–Kier alpha value is -5.36. The number of ketones is 1. The maximum absolute atomic E-state index is 14.9. The zero-order valence-corrected chi connectivity index (χ0v) is 42.5. The van der Waals surface area contributed by atoms with Gasteiger partial charge in [0.15, 0.2) is 5.75 Å². The van der Waals surface area contributed by atoms with Crippen molar-refractivity contribution in [1.82, 2.24) is 15.1 Å². The summed E-state index contributed by atoms with van der Waals surface area (Å²) in [6, 6.07) is 0. The molecule has 69 heavy (non-hydrogen) atoms. The van der Waals surface area contributed by atoms with Crippen LogP contribution in [0.4, 0.5) is 5.69 Å². The van der Waals surface area contributed by atoms with Gasteiger partial charge < -0.3 is 54.7 Å². The van der Waals surface area contributed by atoms with Gasteiger partial charge in [-0.2, -0.15) is 0 Å². The molecule has 5 N–H and O–H groups in total. The van der Waals surface area contributed by atoms with Gasteiger partial charge in [0.1, 0.15) is 40.4 Å². The molecule has 0 saturated carbocycles. The summed E-state index contributed by atoms with van der Waals surface area (Å²) < 4.78 is 24.5. The summed E-state index contributed by atoms with van der Waals surface area (Å²) >= 11 is 0. The number of esters is 1. The Labute approximate surface area is 405 Å². The fraction of sp³-hybridized carbons (Fsp3) is 0.615. The smallest absolute Gasteiger partial charge is 0.315 e. The summed E-state index contributed by atoms with van der Waals surface area (Å²) in [5.74, 6) is -6.47. The number of ether oxygens (including phenoxy) is 4. The number of allylic oxidation sites excluding steroid dienone is 3. The number of hydrogen-bond acceptors (Lipinski definition) is 15. The van der Waals surface area contributed by atoms with E-state index in [-0.39, 0.29) is 61.5 Å². The maximum Gasteiger partial charge on any atom is 0.315 e. The van der Waals surface area contributed by atoms with E-state index >= 15 is 0 Å². The first-order valence-electron chi connectivity index (χ1n) is 24.3. The van der Waals surface area contributed by atoms with Gasteiger partial charge in [-0.15, -0.1) is 0 Å². The second-order valence-electron chi connectivity index (χ2n) is 20.5. The summed E-state index contributed by atoms with van der Waals surface area (Å²) in [4.78, 5) is 69.1. The first-order chi connectivity index (χ1) is 32.5. The predicted octanol–water partition coefficient (Wildman–Crippen LogP) is 5.22. The number of likely N-dealkylation sites (tertiary alicyclic amines) is 1. The van der Waals surface area contributed by atoms with Crippen LogP contribution in [0.2, 0.25) is 0 Å². The number of anilines is 1. The molecule has 4 heterocycles. The minimum Gasteiger partial charge on any atom is -0.507 e. The van der Waals surface area contributed by atoms with Crippen LogP contribution in [0.5, 0.6) is 17.2 Å². The number of carbonyl (C=O) groups is 4. The van der Waals surface area contributed by atoms with Crippen molar-refractivity contribution < 1.29 is 53.4 Å². The number of Topliss-reactive ketones (excluding diaryl/α,β-unsaturated/α-hetero) is 1. The quantitative estimate of drug-likeness (QED) is 0.0893. The van der Waals surface area contributed by atoms with Crippen LogP contribution in [0.15, 0.2) is 46.1 Å². The number of piperidine rings is 1. The second-order valence-corrected chi connectivity index (χ2v) is 20.5. The number of carbonyl (C=O) groups excluding carboxylic acids is 4. The van der Waals surface area contributed by atoms with Gasteiger partial charge in [-0.3, -0.25) is 24.2 Å². The molecule has 6 rings (SSSR count). The number of methoxy groups -OCH3 is 1. The van der Waals surface area contributed by atoms with Gasteiger partial charge in [-0.25, -0.2) is 4.99 Å². The van der Waals surface area contributed by atoms with Crippen LogP contribution >= 0.6 is 0 Å². The molecule has 8 atom stereocenters. The average molecular weight is 959 g/mol. The lowest BCUT2D eigenvalue weighted by atomic mass is 9.79. The van der Waals surface area contributed by atoms with Gasteiger partial charge >= 0.3 is 11.8 Å². The third-order valence-electron chi connectivity index (χ3n) is 14.0. The van der Waals surface area contributed by atoms with Crippen LogP contribution in [-0.4, -0.2) is 132 Å². The molecular weight excluding hydrogens is 885 g/mol. The first-order valence-corrected chi connectivity index (χ1v) is 24.3. The van der Waals surface area contributed by atoms with E-state index in [1.807, 2.05) is 38.9 Å². The molecule has 4 bridgehead atoms. The van der Waals surface area contributed by atoms with E-state index in [1.54, 1.807) is 45.9 Å². The normalized spacial score (nSPS) is 29.1. The lowest BCUT2D eigenvalue weighted by Gasteiger charge is -2.38. The van der Waals surface area contributed by atoms with E-state index < -0.39 is 77.3 Å². The number of fused-ring (bicyclic) bond motifs is 1. The van der Waals surface area contributed by atoms with Crippen molar-refractivity contribution in [1.29, 1.82) is 0 Å². The van der Waals surface area contributed by atoms with Crippen LogP contribution in [0, 0.1) is 36.5 Å². The van der Waals surface area contributed by atoms with Crippen LogP contribution < -0.4 is 26.1 Å². The van der Waals surface area contributed by atoms with Crippen LogP contribution in [0.3, 0.4) is 0 Å². The van der Waals surface area contributed by atoms with Gasteiger partial charge in [-0.05, 0) is 71.2 Å². The molecule has 0 aliphatic carbocycles. The molecule has 1 spiro atoms. The van der Waals surface area contributed by atoms with Gasteiger partial charge in [0.25, 0.3) is 11.7 Å². The van der Waals surface area contributed by atoms with Crippen LogP contribution in [-0.2, 0) is 28.6 Å². The van der Waals surface area contributed by atoms with E-state index in [4.69, 9.17) is 23.9 Å². The third kappa shape index (κ3) is 11.5. The zero-order valence-electron chi connectivity index (χ0n) is 42.5. The SMILES string of the molecule is CO[C@H]1/C=C/O[C@@]2(C)Oc3c(C)c(O)c4c(O)c(c5c(c4c3C2=O)NC2(CCN(CC(C)C)CC2)N=5)=NC(=O)/C(C)=C\C=C\[C@H](C)C[C@@H](C)[C@@H](O)[C@@H](C)[C@H](OC(=O)CC(=O)NCCCN(C)C)[C@@H]1C. The number of rotatable bonds is 10. The summed E-state index contributed by atoms with van der Waals surface area (Å²) in [6.07, 6.45) is 7.30. The number of amides is 2. The molecular formula is C52H74N6O11. The number of phenols is 2. The zero-order chi connectivity index (χ0) is 50.7. The van der Waals surface area contributed by atoms with Crippen molar-refractivity contribution in [2.75, 3.05) is 59.2 Å². The minimum absolute atomic E-state index is 0.0460. The van der Waals surface area contributed by atoms with Gasteiger partial charge in [0, 0.05) is 81.4 Å². The molecule has 17 nitrogen and oxygen atoms in total. The molecule has 0 unspecified atom stereocenters. The molecule has 0 radical (unpaired) electrons. The van der Waals surface area contributed by atoms with Crippen molar-refractivity contribution in [3.05, 3.63) is 58.0 Å². The fourth-order valence-electron chi connectivity index (χ4n) is 10.1. The Morgan fingerprint density at radius 2 is 1.72 bits per heavy atom. The highest BCUT2D eigenvalue weighted by Crippen LogP contribution is 2.51. The van der Waals surface area contributed by atoms with Crippen LogP contribution in [0.25, 0.3) is 10.8 Å². The molecule has 1 fully saturated rings. The van der Waals surface area contributed by atoms with Crippen molar-refractivity contribution in [2.45, 2.75) is 124 Å². The fourth-order valence-corrected chi connectivity index (χ4v) is 10.1. The van der Waals surface area contributed by atoms with E-state index in [0.29, 0.717) is 43.8 Å². The second kappa shape index (κ2) is 21.7. The largest absolute Gasteiger partial charge is 0.507 e. The standard InChI is InChI=1S/C52H74N6O11/c1-28(2)27-58-22-18-52(19-23-58)55-41-38-39-45(62)34(8)48-40(38)49(64)51(9,69-48)67-24-17-35(66-12)32(6)47(68-37(60)26-36(59)53-20-14-21-57(10)11)33(7)44(61)31(5)25-29(3)15-13-16-30(4)50(65)54-43(46(39)63)42(41)56-52/h13,15-17,24,28-29,31-33,35,44,47,55,61-63H,14,18-23,25-27H2,1-12H3,(H,53,59)/b15-13+,24-17+,30-16-,54-43?/t29-,31+,32+,33+,35-,44+,47+,51-/m0/s1. The molecule has 2 aromatic rings. The van der Waals surface area contributed by atoms with Crippen molar-refractivity contribution in [3.8, 4) is 17.2 Å². The van der Waals surface area contributed by atoms with E-state index in [9.17, 15) is 34.5 Å². The summed E-state index contributed by atoms with van der Waals surface area (Å²) in [5, 5.41) is 42.4. The number of hydrogen-bond donors (Lipinski definition) is 5. The van der Waals surface area contributed by atoms with Crippen molar-refractivity contribution >= 4 is 40.0 Å². The lowest BCUT2D eigenvalue weighted by molar-refractivity contribution is -0.163. The molecule has 1 saturated heterocycles. The van der Waals surface area contributed by atoms with Gasteiger partial charge in [0.2, 0.25) is 5.91 Å². The molecule has 17 heteroatoms. The van der Waals surface area contributed by atoms with Gasteiger partial charge in [0.05, 0.1) is 35.1 Å². The van der Waals surface area contributed by atoms with E-state index in [1.165, 1.54) is 20.3 Å². The molecule has 378 valence electrons. The highest BCUT2D eigenvalue weighted by Gasteiger charge is 2.51. The Balaban J connectivity index is 1.44. The summed E-state index contributed by atoms with van der Waals surface area (Å²) in [5.41, 5.74) is -0.0587. The number of nitrogens with zero attached hydrogens (tertiary/aromatic N) is 4. The number of nitrogens with one attached hydrogen (secondary N) is 2. The average Bonchev–Trinajstić information content (AvgIpc) is 3.79. The van der Waals surface area contributed by atoms with Crippen molar-refractivity contribution in [3.63, 3.8) is 0 Å². The van der Waals surface area contributed by atoms with Gasteiger partial charge in [-0.1, -0.05) is 59.8 Å². The molecule has 2 aromatic carbocycles. The number of benzene rings is 2.